The number of likely N-dealkylation sites (tertiary alicyclic amines) is 1. The van der Waals surface area contributed by atoms with Crippen molar-refractivity contribution < 1.29 is 34.3 Å². The molecule has 8 nitrogen and oxygen atoms in total. The van der Waals surface area contributed by atoms with Crippen molar-refractivity contribution in [1.82, 2.24) is 4.90 Å². The number of fused-ring (bicyclic) bond motifs is 4. The molecule has 2 aliphatic heterocycles. The van der Waals surface area contributed by atoms with Gasteiger partial charge in [0.25, 0.3) is 0 Å². The van der Waals surface area contributed by atoms with Gasteiger partial charge in [0.05, 0.1) is 17.9 Å². The summed E-state index contributed by atoms with van der Waals surface area (Å²) in [7, 11) is -1.01. The average Bonchev–Trinajstić information content (AvgIpc) is 3.25. The topological polar surface area (TPSA) is 124 Å². The van der Waals surface area contributed by atoms with Crippen molar-refractivity contribution >= 4 is 41.8 Å². The lowest BCUT2D eigenvalue weighted by Gasteiger charge is -2.44. The van der Waals surface area contributed by atoms with E-state index in [9.17, 15) is 24.5 Å². The van der Waals surface area contributed by atoms with Crippen molar-refractivity contribution in [3.05, 3.63) is 58.7 Å². The number of nitrogens with zero attached hydrogens (tertiary/aromatic N) is 1. The number of unbranched alkanes of at least 4 members (excludes halogenated alkanes) is 2. The molecule has 2 aromatic carbocycles. The summed E-state index contributed by atoms with van der Waals surface area (Å²) in [6.07, 6.45) is 7.83. The Kier molecular flexibility index (Phi) is 10.5. The van der Waals surface area contributed by atoms with Crippen molar-refractivity contribution in [1.29, 1.82) is 0 Å². The van der Waals surface area contributed by atoms with E-state index in [2.05, 4.69) is 26.8 Å². The summed E-state index contributed by atoms with van der Waals surface area (Å²) in [5, 5.41) is 32.0. The molecule has 0 aromatic heterocycles. The molecule has 0 saturated carbocycles. The fraction of sp³-hybridized carbons (Fsp3) is 0.528. The van der Waals surface area contributed by atoms with Crippen LogP contribution in [0.5, 0.6) is 5.75 Å². The highest BCUT2D eigenvalue weighted by Crippen LogP contribution is 2.52. The lowest BCUT2D eigenvalue weighted by Crippen LogP contribution is -2.46. The van der Waals surface area contributed by atoms with Crippen LogP contribution in [0.15, 0.2) is 53.1 Å². The summed E-state index contributed by atoms with van der Waals surface area (Å²) in [6.45, 7) is 6.72. The van der Waals surface area contributed by atoms with Gasteiger partial charge in [-0.3, -0.25) is 19.3 Å². The van der Waals surface area contributed by atoms with E-state index >= 15 is 0 Å². The van der Waals surface area contributed by atoms with Gasteiger partial charge in [0, 0.05) is 18.4 Å². The molecule has 0 radical (unpaired) electrons. The number of carbonyl (C=O) groups is 3. The number of amides is 2. The third-order valence-corrected chi connectivity index (χ3v) is 9.90. The number of rotatable bonds is 13. The Labute approximate surface area is 266 Å². The molecule has 3 N–H and O–H groups in total. The predicted molar refractivity (Wildman–Crippen MR) is 175 cm³/mol. The number of hydrogen-bond donors (Lipinski definition) is 3. The zero-order chi connectivity index (χ0) is 32.2. The van der Waals surface area contributed by atoms with Gasteiger partial charge in [-0.25, -0.2) is 0 Å². The van der Waals surface area contributed by atoms with E-state index in [0.717, 1.165) is 41.2 Å². The van der Waals surface area contributed by atoms with Crippen molar-refractivity contribution in [2.75, 3.05) is 6.54 Å². The number of benzene rings is 2. The Balaban J connectivity index is 1.38. The van der Waals surface area contributed by atoms with Crippen LogP contribution in [-0.2, 0) is 19.0 Å². The minimum atomic E-state index is -1.01. The highest BCUT2D eigenvalue weighted by Gasteiger charge is 2.57. The van der Waals surface area contributed by atoms with Crippen LogP contribution in [-0.4, -0.2) is 57.7 Å². The summed E-state index contributed by atoms with van der Waals surface area (Å²) in [5.74, 6) is -1.87. The normalized spacial score (nSPS) is 23.7. The minimum absolute atomic E-state index is 0.0835. The van der Waals surface area contributed by atoms with E-state index in [4.69, 9.17) is 9.76 Å². The number of imide groups is 1. The van der Waals surface area contributed by atoms with Crippen molar-refractivity contribution in [3.8, 4) is 5.75 Å². The quantitative estimate of drug-likeness (QED) is 0.100. The number of phenolic OH excluding ortho intramolecular Hbond substituents is 1. The SMILES string of the molecule is CCC/C(=C\c1ccc(O)c2ccccc12)CC[C@H]1OB(O)C[C@H]2C1=C(C(C)C)C[C@H]1C(=O)N(CCCCCC(=O)O)C(=O)[C@H]12. The molecule has 2 fully saturated rings. The van der Waals surface area contributed by atoms with Gasteiger partial charge >= 0.3 is 13.1 Å². The number of hydrogen-bond acceptors (Lipinski definition) is 6. The van der Waals surface area contributed by atoms with Gasteiger partial charge in [0.2, 0.25) is 11.8 Å². The van der Waals surface area contributed by atoms with Crippen LogP contribution in [0.1, 0.15) is 84.1 Å². The fourth-order valence-electron chi connectivity index (χ4n) is 7.82. The molecule has 2 heterocycles. The maximum atomic E-state index is 13.8. The molecule has 5 rings (SSSR count). The maximum absolute atomic E-state index is 13.8. The molecule has 240 valence electrons. The van der Waals surface area contributed by atoms with E-state index in [1.807, 2.05) is 30.3 Å². The van der Waals surface area contributed by atoms with Crippen LogP contribution >= 0.6 is 0 Å². The van der Waals surface area contributed by atoms with Gasteiger partial charge in [0.15, 0.2) is 0 Å². The van der Waals surface area contributed by atoms with Crippen molar-refractivity contribution in [2.45, 2.75) is 91.0 Å². The van der Waals surface area contributed by atoms with Crippen LogP contribution in [0.3, 0.4) is 0 Å². The van der Waals surface area contributed by atoms with E-state index in [0.29, 0.717) is 45.0 Å². The second kappa shape index (κ2) is 14.3. The van der Waals surface area contributed by atoms with E-state index in [1.54, 1.807) is 6.07 Å². The van der Waals surface area contributed by atoms with E-state index in [-0.39, 0.29) is 41.9 Å². The first-order valence-electron chi connectivity index (χ1n) is 16.6. The van der Waals surface area contributed by atoms with Gasteiger partial charge < -0.3 is 19.9 Å². The summed E-state index contributed by atoms with van der Waals surface area (Å²) in [5.41, 5.74) is 4.59. The predicted octanol–water partition coefficient (Wildman–Crippen LogP) is 6.61. The molecule has 2 aromatic rings. The molecule has 2 saturated heterocycles. The number of carboxylic acid groups (broad SMARTS) is 1. The van der Waals surface area contributed by atoms with Gasteiger partial charge in [-0.05, 0) is 79.3 Å². The Hall–Kier alpha value is -3.43. The molecular weight excluding hydrogens is 569 g/mol. The number of phenols is 1. The lowest BCUT2D eigenvalue weighted by molar-refractivity contribution is -0.141. The van der Waals surface area contributed by atoms with Gasteiger partial charge in [0.1, 0.15) is 5.75 Å². The minimum Gasteiger partial charge on any atom is -0.507 e. The summed E-state index contributed by atoms with van der Waals surface area (Å²) < 4.78 is 6.23. The standard InChI is InChI=1S/C36H46BNO7/c1-4-10-23(19-24-15-16-30(39)26-12-8-7-11-25(24)26)14-17-31-33-27(22(2)3)20-28-34(29(33)21-37(44)45-31)36(43)38(35(28)42)18-9-5-6-13-32(40)41/h7-8,11-12,15-16,19,22,28-29,31,34,39,44H,4-6,9-10,13-14,17-18,20-21H2,1-3H3,(H,40,41)/b23-19+/t28-,29+,31-,34-/m1/s1. The Morgan fingerprint density at radius 1 is 1.02 bits per heavy atom. The number of allylic oxidation sites excluding steroid dienone is 2. The van der Waals surface area contributed by atoms with Crippen LogP contribution in [0, 0.1) is 23.7 Å². The van der Waals surface area contributed by atoms with Gasteiger partial charge in [-0.2, -0.15) is 0 Å². The summed E-state index contributed by atoms with van der Waals surface area (Å²) in [4.78, 5) is 39.6. The third kappa shape index (κ3) is 7.05. The molecule has 4 atom stereocenters. The Morgan fingerprint density at radius 2 is 1.78 bits per heavy atom. The molecule has 0 bridgehead atoms. The first-order valence-corrected chi connectivity index (χ1v) is 16.6. The van der Waals surface area contributed by atoms with Crippen LogP contribution in [0.4, 0.5) is 0 Å². The maximum Gasteiger partial charge on any atom is 0.455 e. The largest absolute Gasteiger partial charge is 0.507 e. The average molecular weight is 616 g/mol. The number of carbonyl (C=O) groups excluding carboxylic acids is 2. The molecule has 0 unspecified atom stereocenters. The van der Waals surface area contributed by atoms with Gasteiger partial charge in [-0.1, -0.05) is 81.2 Å². The molecule has 2 amide bonds. The number of aromatic hydroxyl groups is 1. The zero-order valence-electron chi connectivity index (χ0n) is 26.7. The Morgan fingerprint density at radius 3 is 2.49 bits per heavy atom. The zero-order valence-corrected chi connectivity index (χ0v) is 26.7. The second-order valence-corrected chi connectivity index (χ2v) is 13.2. The highest BCUT2D eigenvalue weighted by molar-refractivity contribution is 6.43. The van der Waals surface area contributed by atoms with Crippen LogP contribution < -0.4 is 0 Å². The first-order chi connectivity index (χ1) is 21.6. The number of aliphatic carboxylic acids is 1. The highest BCUT2D eigenvalue weighted by atomic mass is 16.5. The van der Waals surface area contributed by atoms with E-state index in [1.165, 1.54) is 16.0 Å². The van der Waals surface area contributed by atoms with Crippen molar-refractivity contribution in [3.63, 3.8) is 0 Å². The van der Waals surface area contributed by atoms with Crippen LogP contribution in [0.2, 0.25) is 6.32 Å². The first kappa shape index (κ1) is 33.0. The second-order valence-electron chi connectivity index (χ2n) is 13.2. The van der Waals surface area contributed by atoms with Crippen LogP contribution in [0.25, 0.3) is 16.8 Å². The summed E-state index contributed by atoms with van der Waals surface area (Å²) in [6, 6.07) is 11.5. The molecule has 45 heavy (non-hydrogen) atoms. The fourth-order valence-corrected chi connectivity index (χ4v) is 7.82. The molecular formula is C36H46BNO7. The monoisotopic (exact) mass is 615 g/mol. The van der Waals surface area contributed by atoms with Gasteiger partial charge in [-0.15, -0.1) is 0 Å². The summed E-state index contributed by atoms with van der Waals surface area (Å²) >= 11 is 0. The molecule has 0 spiro atoms. The lowest BCUT2D eigenvalue weighted by atomic mass is 9.57. The Bertz CT molecular complexity index is 1500. The molecule has 9 heteroatoms. The third-order valence-electron chi connectivity index (χ3n) is 9.90. The van der Waals surface area contributed by atoms with E-state index < -0.39 is 24.9 Å². The smallest absolute Gasteiger partial charge is 0.455 e. The van der Waals surface area contributed by atoms with Crippen molar-refractivity contribution in [2.24, 2.45) is 23.7 Å². The molecule has 1 aliphatic carbocycles. The number of carboxylic acids is 1. The molecule has 3 aliphatic rings.